The van der Waals surface area contributed by atoms with E-state index in [-0.39, 0.29) is 0 Å². The molecule has 0 unspecified atom stereocenters. The van der Waals surface area contributed by atoms with Gasteiger partial charge in [-0.05, 0) is 31.2 Å². The first-order chi connectivity index (χ1) is 12.7. The largest absolute Gasteiger partial charge is 0.373 e. The van der Waals surface area contributed by atoms with Crippen molar-refractivity contribution in [3.63, 3.8) is 0 Å². The molecule has 4 heterocycles. The van der Waals surface area contributed by atoms with Gasteiger partial charge in [-0.1, -0.05) is 6.07 Å². The molecule has 7 nitrogen and oxygen atoms in total. The Labute approximate surface area is 151 Å². The second kappa shape index (κ2) is 6.79. The number of nitrogens with one attached hydrogen (secondary N) is 3. The minimum atomic E-state index is 0.593. The van der Waals surface area contributed by atoms with Crippen LogP contribution in [0.25, 0.3) is 22.4 Å². The molecule has 7 heteroatoms. The normalized spacial score (nSPS) is 10.8. The van der Waals surface area contributed by atoms with Crippen LogP contribution in [0.1, 0.15) is 11.4 Å². The Kier molecular flexibility index (Phi) is 4.18. The van der Waals surface area contributed by atoms with Gasteiger partial charge in [-0.3, -0.25) is 4.98 Å². The van der Waals surface area contributed by atoms with Crippen LogP contribution in [0.4, 0.5) is 11.6 Å². The van der Waals surface area contributed by atoms with Gasteiger partial charge in [0.1, 0.15) is 17.3 Å². The van der Waals surface area contributed by atoms with Crippen molar-refractivity contribution in [1.82, 2.24) is 24.9 Å². The van der Waals surface area contributed by atoms with Crippen molar-refractivity contribution >= 4 is 22.7 Å². The summed E-state index contributed by atoms with van der Waals surface area (Å²) in [6.07, 6.45) is 3.66. The lowest BCUT2D eigenvalue weighted by Crippen LogP contribution is -2.04. The Morgan fingerprint density at radius 3 is 2.77 bits per heavy atom. The minimum absolute atomic E-state index is 0.593. The van der Waals surface area contributed by atoms with Crippen molar-refractivity contribution < 1.29 is 0 Å². The topological polar surface area (TPSA) is 91.4 Å². The molecule has 0 bridgehead atoms. The molecule has 0 amide bonds. The lowest BCUT2D eigenvalue weighted by atomic mass is 10.1. The molecule has 26 heavy (non-hydrogen) atoms. The maximum absolute atomic E-state index is 4.64. The Balaban J connectivity index is 1.74. The lowest BCUT2D eigenvalue weighted by molar-refractivity contribution is 1.03. The van der Waals surface area contributed by atoms with Crippen molar-refractivity contribution in [2.75, 3.05) is 17.7 Å². The number of rotatable bonds is 5. The number of aryl methyl sites for hydroxylation is 1. The molecule has 3 N–H and O–H groups in total. The van der Waals surface area contributed by atoms with Crippen LogP contribution in [0.15, 0.2) is 48.8 Å². The fourth-order valence-electron chi connectivity index (χ4n) is 2.81. The van der Waals surface area contributed by atoms with Crippen molar-refractivity contribution in [2.45, 2.75) is 13.5 Å². The maximum atomic E-state index is 4.64. The van der Waals surface area contributed by atoms with Crippen molar-refractivity contribution in [1.29, 1.82) is 0 Å². The van der Waals surface area contributed by atoms with Gasteiger partial charge in [0.25, 0.3) is 0 Å². The first-order valence-corrected chi connectivity index (χ1v) is 8.38. The van der Waals surface area contributed by atoms with Crippen LogP contribution in [-0.2, 0) is 6.54 Å². The van der Waals surface area contributed by atoms with Gasteiger partial charge in [-0.2, -0.15) is 0 Å². The van der Waals surface area contributed by atoms with E-state index in [0.717, 1.165) is 39.6 Å². The van der Waals surface area contributed by atoms with Crippen molar-refractivity contribution in [2.24, 2.45) is 0 Å². The number of hydrogen-bond acceptors (Lipinski definition) is 6. The number of fused-ring (bicyclic) bond motifs is 1. The quantitative estimate of drug-likeness (QED) is 0.514. The second-order valence-corrected chi connectivity index (χ2v) is 5.94. The summed E-state index contributed by atoms with van der Waals surface area (Å²) < 4.78 is 0. The average molecular weight is 345 g/mol. The van der Waals surface area contributed by atoms with Gasteiger partial charge in [0, 0.05) is 42.2 Å². The SMILES string of the molecule is CNc1cc(C)nc(-c2cc(NCc3ccccn3)nc3[nH]ccc23)n1. The third kappa shape index (κ3) is 3.19. The first-order valence-electron chi connectivity index (χ1n) is 8.38. The molecule has 0 fully saturated rings. The van der Waals surface area contributed by atoms with E-state index < -0.39 is 0 Å². The smallest absolute Gasteiger partial charge is 0.162 e. The summed E-state index contributed by atoms with van der Waals surface area (Å²) in [7, 11) is 1.85. The van der Waals surface area contributed by atoms with Crippen molar-refractivity contribution in [3.05, 3.63) is 60.2 Å². The molecule has 130 valence electrons. The highest BCUT2D eigenvalue weighted by atomic mass is 15.0. The molecular weight excluding hydrogens is 326 g/mol. The fraction of sp³-hybridized carbons (Fsp3) is 0.158. The van der Waals surface area contributed by atoms with Crippen LogP contribution in [0.3, 0.4) is 0 Å². The zero-order valence-corrected chi connectivity index (χ0v) is 14.6. The summed E-state index contributed by atoms with van der Waals surface area (Å²) in [6.45, 7) is 2.55. The Morgan fingerprint density at radius 2 is 1.96 bits per heavy atom. The van der Waals surface area contributed by atoms with E-state index in [4.69, 9.17) is 0 Å². The van der Waals surface area contributed by atoms with Gasteiger partial charge >= 0.3 is 0 Å². The number of H-pyrrole nitrogens is 1. The number of hydrogen-bond donors (Lipinski definition) is 3. The van der Waals surface area contributed by atoms with Gasteiger partial charge < -0.3 is 15.6 Å². The predicted molar refractivity (Wildman–Crippen MR) is 103 cm³/mol. The molecule has 0 atom stereocenters. The molecule has 4 aromatic rings. The van der Waals surface area contributed by atoms with E-state index in [0.29, 0.717) is 12.4 Å². The zero-order chi connectivity index (χ0) is 17.9. The molecule has 0 saturated heterocycles. The third-order valence-electron chi connectivity index (χ3n) is 4.06. The van der Waals surface area contributed by atoms with Gasteiger partial charge in [0.05, 0.1) is 12.2 Å². The summed E-state index contributed by atoms with van der Waals surface area (Å²) in [5.74, 6) is 2.20. The number of pyridine rings is 2. The molecule has 0 radical (unpaired) electrons. The molecule has 0 aliphatic rings. The molecule has 0 aromatic carbocycles. The number of aromatic amines is 1. The minimum Gasteiger partial charge on any atom is -0.373 e. The van der Waals surface area contributed by atoms with E-state index in [1.807, 2.05) is 56.6 Å². The Morgan fingerprint density at radius 1 is 1.04 bits per heavy atom. The summed E-state index contributed by atoms with van der Waals surface area (Å²) in [5, 5.41) is 7.40. The Hall–Kier alpha value is -3.48. The van der Waals surface area contributed by atoms with Crippen LogP contribution in [0.5, 0.6) is 0 Å². The molecule has 0 aliphatic carbocycles. The summed E-state index contributed by atoms with van der Waals surface area (Å²) in [5.41, 5.74) is 3.58. The molecule has 4 rings (SSSR count). The van der Waals surface area contributed by atoms with Crippen LogP contribution in [0.2, 0.25) is 0 Å². The highest BCUT2D eigenvalue weighted by Gasteiger charge is 2.12. The highest BCUT2D eigenvalue weighted by Crippen LogP contribution is 2.28. The molecular formula is C19H19N7. The zero-order valence-electron chi connectivity index (χ0n) is 14.6. The van der Waals surface area contributed by atoms with E-state index in [1.54, 1.807) is 6.20 Å². The van der Waals surface area contributed by atoms with Gasteiger partial charge in [-0.25, -0.2) is 15.0 Å². The molecule has 0 saturated carbocycles. The Bertz CT molecular complexity index is 1040. The molecule has 4 aromatic heterocycles. The summed E-state index contributed by atoms with van der Waals surface area (Å²) in [6, 6.07) is 11.7. The van der Waals surface area contributed by atoms with Gasteiger partial charge in [-0.15, -0.1) is 0 Å². The number of nitrogens with zero attached hydrogens (tertiary/aromatic N) is 4. The first kappa shape index (κ1) is 16.0. The lowest BCUT2D eigenvalue weighted by Gasteiger charge is -2.10. The standard InChI is InChI=1S/C19H19N7/c1-12-9-16(20-2)25-19(24-12)15-10-17(26-18-14(15)6-8-22-18)23-11-13-5-3-4-7-21-13/h3-10H,11H2,1-2H3,(H,20,24,25)(H2,22,23,26). The van der Waals surface area contributed by atoms with E-state index in [2.05, 4.69) is 35.6 Å². The van der Waals surface area contributed by atoms with E-state index in [1.165, 1.54) is 0 Å². The second-order valence-electron chi connectivity index (χ2n) is 5.94. The van der Waals surface area contributed by atoms with Gasteiger partial charge in [0.15, 0.2) is 5.82 Å². The van der Waals surface area contributed by atoms with Crippen LogP contribution in [0, 0.1) is 6.92 Å². The van der Waals surface area contributed by atoms with Gasteiger partial charge in [0.2, 0.25) is 0 Å². The third-order valence-corrected chi connectivity index (χ3v) is 4.06. The molecule has 0 aliphatic heterocycles. The highest BCUT2D eigenvalue weighted by molar-refractivity contribution is 5.93. The van der Waals surface area contributed by atoms with Crippen LogP contribution >= 0.6 is 0 Å². The van der Waals surface area contributed by atoms with Crippen LogP contribution in [-0.4, -0.2) is 32.0 Å². The summed E-state index contributed by atoms with van der Waals surface area (Å²) >= 11 is 0. The fourth-order valence-corrected chi connectivity index (χ4v) is 2.81. The monoisotopic (exact) mass is 345 g/mol. The van der Waals surface area contributed by atoms with E-state index >= 15 is 0 Å². The molecule has 0 spiro atoms. The average Bonchev–Trinajstić information content (AvgIpc) is 3.14. The predicted octanol–water partition coefficient (Wildman–Crippen LogP) is 3.38. The number of anilines is 2. The maximum Gasteiger partial charge on any atom is 0.162 e. The number of aromatic nitrogens is 5. The van der Waals surface area contributed by atoms with Crippen molar-refractivity contribution in [3.8, 4) is 11.4 Å². The summed E-state index contributed by atoms with van der Waals surface area (Å²) in [4.78, 5) is 21.4. The van der Waals surface area contributed by atoms with E-state index in [9.17, 15) is 0 Å². The van der Waals surface area contributed by atoms with Crippen LogP contribution < -0.4 is 10.6 Å².